The number of hydrogen-bond donors (Lipinski definition) is 2. The fourth-order valence-electron chi connectivity index (χ4n) is 1.85. The van der Waals surface area contributed by atoms with E-state index in [0.29, 0.717) is 11.6 Å². The van der Waals surface area contributed by atoms with Gasteiger partial charge in [-0.3, -0.25) is 0 Å². The molecule has 0 radical (unpaired) electrons. The zero-order valence-corrected chi connectivity index (χ0v) is 9.19. The van der Waals surface area contributed by atoms with Crippen LogP contribution >= 0.6 is 0 Å². The van der Waals surface area contributed by atoms with Gasteiger partial charge >= 0.3 is 0 Å². The molecule has 5 nitrogen and oxygen atoms in total. The van der Waals surface area contributed by atoms with E-state index in [2.05, 4.69) is 15.3 Å². The van der Waals surface area contributed by atoms with E-state index in [1.165, 1.54) is 0 Å². The van der Waals surface area contributed by atoms with Crippen LogP contribution in [0, 0.1) is 18.3 Å². The van der Waals surface area contributed by atoms with Crippen LogP contribution in [0.4, 0.5) is 5.95 Å². The molecule has 0 unspecified atom stereocenters. The minimum absolute atomic E-state index is 0.0756. The molecule has 0 aliphatic heterocycles. The Morgan fingerprint density at radius 2 is 2.31 bits per heavy atom. The maximum atomic E-state index is 9.31. The van der Waals surface area contributed by atoms with E-state index >= 15 is 0 Å². The minimum atomic E-state index is -0.277. The molecule has 1 saturated carbocycles. The molecule has 1 aliphatic carbocycles. The van der Waals surface area contributed by atoms with Crippen LogP contribution in [0.15, 0.2) is 6.07 Å². The van der Waals surface area contributed by atoms with Gasteiger partial charge in [-0.2, -0.15) is 5.26 Å². The van der Waals surface area contributed by atoms with E-state index in [9.17, 15) is 5.11 Å². The fraction of sp³-hybridized carbons (Fsp3) is 0.545. The van der Waals surface area contributed by atoms with Crippen molar-refractivity contribution >= 4 is 5.95 Å². The Bertz CT molecular complexity index is 429. The summed E-state index contributed by atoms with van der Waals surface area (Å²) >= 11 is 0. The number of nitrogens with one attached hydrogen (secondary N) is 1. The summed E-state index contributed by atoms with van der Waals surface area (Å²) in [7, 11) is 0. The van der Waals surface area contributed by atoms with E-state index in [1.807, 2.05) is 13.0 Å². The molecule has 0 saturated heterocycles. The SMILES string of the molecule is Cc1cc(C#N)nc(NC2(CO)CCC2)n1. The summed E-state index contributed by atoms with van der Waals surface area (Å²) in [5, 5.41) is 21.2. The summed E-state index contributed by atoms with van der Waals surface area (Å²) in [6.45, 7) is 1.90. The van der Waals surface area contributed by atoms with E-state index in [-0.39, 0.29) is 12.1 Å². The summed E-state index contributed by atoms with van der Waals surface area (Å²) in [6, 6.07) is 3.63. The lowest BCUT2D eigenvalue weighted by Crippen LogP contribution is -2.48. The molecule has 1 heterocycles. The zero-order chi connectivity index (χ0) is 11.6. The molecule has 1 aliphatic rings. The van der Waals surface area contributed by atoms with Gasteiger partial charge in [0, 0.05) is 5.69 Å². The third-order valence-electron chi connectivity index (χ3n) is 2.96. The maximum Gasteiger partial charge on any atom is 0.224 e. The molecule has 84 valence electrons. The van der Waals surface area contributed by atoms with Crippen LogP contribution in [-0.4, -0.2) is 27.2 Å². The van der Waals surface area contributed by atoms with Crippen molar-refractivity contribution in [3.63, 3.8) is 0 Å². The molecule has 5 heteroatoms. The highest BCUT2D eigenvalue weighted by molar-refractivity contribution is 5.36. The zero-order valence-electron chi connectivity index (χ0n) is 9.19. The highest BCUT2D eigenvalue weighted by atomic mass is 16.3. The Morgan fingerprint density at radius 1 is 1.56 bits per heavy atom. The predicted octanol–water partition coefficient (Wildman–Crippen LogP) is 0.984. The molecule has 0 atom stereocenters. The van der Waals surface area contributed by atoms with Crippen LogP contribution in [0.25, 0.3) is 0 Å². The van der Waals surface area contributed by atoms with Crippen LogP contribution in [0.1, 0.15) is 30.7 Å². The van der Waals surface area contributed by atoms with Gasteiger partial charge in [0.2, 0.25) is 5.95 Å². The van der Waals surface area contributed by atoms with Crippen LogP contribution in [0.3, 0.4) is 0 Å². The average Bonchev–Trinajstić information content (AvgIpc) is 2.22. The highest BCUT2D eigenvalue weighted by Gasteiger charge is 2.36. The molecule has 1 fully saturated rings. The summed E-state index contributed by atoms with van der Waals surface area (Å²) in [6.07, 6.45) is 2.94. The maximum absolute atomic E-state index is 9.31. The molecule has 0 bridgehead atoms. The minimum Gasteiger partial charge on any atom is -0.394 e. The standard InChI is InChI=1S/C11H14N4O/c1-8-5-9(6-12)14-10(13-8)15-11(7-16)3-2-4-11/h5,16H,2-4,7H2,1H3,(H,13,14,15). The Labute approximate surface area is 94.2 Å². The lowest BCUT2D eigenvalue weighted by atomic mass is 9.77. The third kappa shape index (κ3) is 1.97. The Balaban J connectivity index is 2.21. The van der Waals surface area contributed by atoms with Crippen molar-refractivity contribution in [2.75, 3.05) is 11.9 Å². The van der Waals surface area contributed by atoms with Crippen LogP contribution in [-0.2, 0) is 0 Å². The van der Waals surface area contributed by atoms with Gasteiger partial charge in [-0.1, -0.05) is 0 Å². The average molecular weight is 218 g/mol. The van der Waals surface area contributed by atoms with Crippen molar-refractivity contribution in [1.82, 2.24) is 9.97 Å². The molecular formula is C11H14N4O. The molecule has 0 spiro atoms. The molecule has 1 aromatic heterocycles. The first-order valence-corrected chi connectivity index (χ1v) is 5.32. The third-order valence-corrected chi connectivity index (χ3v) is 2.96. The van der Waals surface area contributed by atoms with Crippen molar-refractivity contribution in [2.24, 2.45) is 0 Å². The molecular weight excluding hydrogens is 204 g/mol. The number of anilines is 1. The van der Waals surface area contributed by atoms with Gasteiger partial charge < -0.3 is 10.4 Å². The first-order chi connectivity index (χ1) is 7.67. The van der Waals surface area contributed by atoms with Crippen molar-refractivity contribution in [2.45, 2.75) is 31.7 Å². The second-order valence-electron chi connectivity index (χ2n) is 4.25. The first-order valence-electron chi connectivity index (χ1n) is 5.32. The van der Waals surface area contributed by atoms with Gasteiger partial charge in [-0.05, 0) is 32.3 Å². The number of rotatable bonds is 3. The first kappa shape index (κ1) is 10.8. The summed E-state index contributed by atoms with van der Waals surface area (Å²) in [5.74, 6) is 0.435. The van der Waals surface area contributed by atoms with Crippen molar-refractivity contribution < 1.29 is 5.11 Å². The van der Waals surface area contributed by atoms with Gasteiger partial charge in [0.1, 0.15) is 11.8 Å². The smallest absolute Gasteiger partial charge is 0.224 e. The molecule has 2 rings (SSSR count). The normalized spacial score (nSPS) is 17.3. The highest BCUT2D eigenvalue weighted by Crippen LogP contribution is 2.33. The Hall–Kier alpha value is -1.67. The van der Waals surface area contributed by atoms with Gasteiger partial charge in [0.05, 0.1) is 12.1 Å². The van der Waals surface area contributed by atoms with Crippen molar-refractivity contribution in [3.8, 4) is 6.07 Å². The monoisotopic (exact) mass is 218 g/mol. The second-order valence-corrected chi connectivity index (χ2v) is 4.25. The number of aromatic nitrogens is 2. The number of aliphatic hydroxyl groups is 1. The van der Waals surface area contributed by atoms with Crippen LogP contribution < -0.4 is 5.32 Å². The van der Waals surface area contributed by atoms with Crippen LogP contribution in [0.2, 0.25) is 0 Å². The number of aliphatic hydroxyl groups excluding tert-OH is 1. The van der Waals surface area contributed by atoms with Crippen LogP contribution in [0.5, 0.6) is 0 Å². The van der Waals surface area contributed by atoms with Crippen molar-refractivity contribution in [1.29, 1.82) is 5.26 Å². The predicted molar refractivity (Wildman–Crippen MR) is 58.8 cm³/mol. The summed E-state index contributed by atoms with van der Waals surface area (Å²) < 4.78 is 0. The number of nitrogens with zero attached hydrogens (tertiary/aromatic N) is 3. The number of hydrogen-bond acceptors (Lipinski definition) is 5. The number of aryl methyl sites for hydroxylation is 1. The lowest BCUT2D eigenvalue weighted by molar-refractivity contribution is 0.143. The summed E-state index contributed by atoms with van der Waals surface area (Å²) in [4.78, 5) is 8.28. The summed E-state index contributed by atoms with van der Waals surface area (Å²) in [5.41, 5.74) is 0.824. The van der Waals surface area contributed by atoms with Gasteiger partial charge in [0.25, 0.3) is 0 Å². The molecule has 2 N–H and O–H groups in total. The molecule has 1 aromatic rings. The van der Waals surface area contributed by atoms with Gasteiger partial charge in [-0.25, -0.2) is 9.97 Å². The fourth-order valence-corrected chi connectivity index (χ4v) is 1.85. The topological polar surface area (TPSA) is 81.8 Å². The molecule has 16 heavy (non-hydrogen) atoms. The quantitative estimate of drug-likeness (QED) is 0.790. The van der Waals surface area contributed by atoms with E-state index in [4.69, 9.17) is 5.26 Å². The van der Waals surface area contributed by atoms with Gasteiger partial charge in [-0.15, -0.1) is 0 Å². The van der Waals surface area contributed by atoms with E-state index in [1.54, 1.807) is 6.07 Å². The van der Waals surface area contributed by atoms with Gasteiger partial charge in [0.15, 0.2) is 0 Å². The Kier molecular flexibility index (Phi) is 2.75. The van der Waals surface area contributed by atoms with E-state index < -0.39 is 0 Å². The second kappa shape index (κ2) is 4.06. The van der Waals surface area contributed by atoms with E-state index in [0.717, 1.165) is 25.0 Å². The molecule has 0 amide bonds. The van der Waals surface area contributed by atoms with Crippen molar-refractivity contribution in [3.05, 3.63) is 17.5 Å². The molecule has 0 aromatic carbocycles. The Morgan fingerprint density at radius 3 is 2.81 bits per heavy atom. The largest absolute Gasteiger partial charge is 0.394 e. The lowest BCUT2D eigenvalue weighted by Gasteiger charge is -2.40. The number of nitriles is 1.